The van der Waals surface area contributed by atoms with Gasteiger partial charge in [-0.1, -0.05) is 52.3 Å². The van der Waals surface area contributed by atoms with E-state index in [2.05, 4.69) is 32.0 Å². The maximum atomic E-state index is 11.1. The number of nitrogens with zero attached hydrogens (tertiary/aromatic N) is 4. The Balaban J connectivity index is 1.84. The standard InChI is InChI=1S/C18H13BrN4O2/c19-16-7-3-2-6-15(16)18(12-20)21-11-14(22-18)10-9-13-5-1-4-8-17(13)23(24)25/h1-8,11H,9-10H2. The molecule has 1 heterocycles. The van der Waals surface area contributed by atoms with Crippen molar-refractivity contribution in [2.75, 3.05) is 0 Å². The van der Waals surface area contributed by atoms with Gasteiger partial charge in [-0.05, 0) is 18.9 Å². The summed E-state index contributed by atoms with van der Waals surface area (Å²) in [6.07, 6.45) is 2.51. The Morgan fingerprint density at radius 3 is 2.60 bits per heavy atom. The number of hydrogen-bond donors (Lipinski definition) is 0. The van der Waals surface area contributed by atoms with Gasteiger partial charge in [0.1, 0.15) is 6.07 Å². The highest BCUT2D eigenvalue weighted by atomic mass is 79.9. The average Bonchev–Trinajstić information content (AvgIpc) is 3.05. The minimum Gasteiger partial charge on any atom is -0.258 e. The van der Waals surface area contributed by atoms with E-state index in [1.165, 1.54) is 6.07 Å². The van der Waals surface area contributed by atoms with Gasteiger partial charge in [0.05, 0.1) is 10.6 Å². The first-order valence-corrected chi connectivity index (χ1v) is 8.37. The average molecular weight is 397 g/mol. The second-order valence-electron chi connectivity index (χ2n) is 5.51. The van der Waals surface area contributed by atoms with Crippen LogP contribution < -0.4 is 0 Å². The fourth-order valence-electron chi connectivity index (χ4n) is 2.70. The third kappa shape index (κ3) is 3.35. The first-order valence-electron chi connectivity index (χ1n) is 7.58. The first-order chi connectivity index (χ1) is 12.1. The summed E-state index contributed by atoms with van der Waals surface area (Å²) in [7, 11) is 0. The normalized spacial score (nSPS) is 18.6. The van der Waals surface area contributed by atoms with E-state index in [0.29, 0.717) is 29.7 Å². The van der Waals surface area contributed by atoms with Crippen LogP contribution in [0.1, 0.15) is 17.5 Å². The molecule has 0 saturated carbocycles. The molecular formula is C18H13BrN4O2. The summed E-state index contributed by atoms with van der Waals surface area (Å²) in [4.78, 5) is 19.5. The van der Waals surface area contributed by atoms with E-state index in [4.69, 9.17) is 0 Å². The lowest BCUT2D eigenvalue weighted by atomic mass is 10.0. The van der Waals surface area contributed by atoms with Crippen molar-refractivity contribution in [3.63, 3.8) is 0 Å². The smallest absolute Gasteiger partial charge is 0.258 e. The highest BCUT2D eigenvalue weighted by Gasteiger charge is 2.36. The van der Waals surface area contributed by atoms with Crippen molar-refractivity contribution in [2.24, 2.45) is 9.98 Å². The SMILES string of the molecule is N#CC1(c2ccccc2Br)N=CC(CCc2ccccc2[N+](=O)[O-])=N1. The van der Waals surface area contributed by atoms with Crippen LogP contribution in [0.15, 0.2) is 63.0 Å². The van der Waals surface area contributed by atoms with Crippen LogP contribution in [0.4, 0.5) is 5.69 Å². The summed E-state index contributed by atoms with van der Waals surface area (Å²) in [6.45, 7) is 0. The molecule has 0 aliphatic carbocycles. The van der Waals surface area contributed by atoms with Gasteiger partial charge < -0.3 is 0 Å². The number of halogens is 1. The third-order valence-electron chi connectivity index (χ3n) is 3.95. The molecule has 1 unspecified atom stereocenters. The van der Waals surface area contributed by atoms with Crippen LogP contribution in [0.3, 0.4) is 0 Å². The van der Waals surface area contributed by atoms with Gasteiger partial charge in [0.25, 0.3) is 11.4 Å². The van der Waals surface area contributed by atoms with Crippen molar-refractivity contribution in [2.45, 2.75) is 18.5 Å². The van der Waals surface area contributed by atoms with Crippen molar-refractivity contribution in [3.8, 4) is 6.07 Å². The number of benzene rings is 2. The number of para-hydroxylation sites is 1. The molecule has 0 N–H and O–H groups in total. The van der Waals surface area contributed by atoms with Crippen LogP contribution in [0.5, 0.6) is 0 Å². The van der Waals surface area contributed by atoms with Crippen LogP contribution in [-0.2, 0) is 12.1 Å². The molecule has 0 amide bonds. The molecule has 3 rings (SSSR count). The number of hydrogen-bond acceptors (Lipinski definition) is 5. The van der Waals surface area contributed by atoms with Crippen molar-refractivity contribution >= 4 is 33.5 Å². The van der Waals surface area contributed by atoms with Gasteiger partial charge in [-0.25, -0.2) is 9.98 Å². The lowest BCUT2D eigenvalue weighted by Gasteiger charge is -2.16. The Labute approximate surface area is 152 Å². The Morgan fingerprint density at radius 1 is 1.16 bits per heavy atom. The van der Waals surface area contributed by atoms with Crippen LogP contribution in [0.25, 0.3) is 0 Å². The number of aliphatic imine (C=N–C) groups is 2. The van der Waals surface area contributed by atoms with Gasteiger partial charge in [0, 0.05) is 27.9 Å². The Kier molecular flexibility index (Phi) is 4.72. The largest absolute Gasteiger partial charge is 0.272 e. The number of aryl methyl sites for hydroxylation is 1. The van der Waals surface area contributed by atoms with E-state index in [1.807, 2.05) is 18.2 Å². The lowest BCUT2D eigenvalue weighted by Crippen LogP contribution is -2.17. The summed E-state index contributed by atoms with van der Waals surface area (Å²) in [6, 6.07) is 16.1. The maximum Gasteiger partial charge on any atom is 0.272 e. The maximum absolute atomic E-state index is 11.1. The molecule has 0 spiro atoms. The summed E-state index contributed by atoms with van der Waals surface area (Å²) in [5, 5.41) is 20.7. The number of nitriles is 1. The molecular weight excluding hydrogens is 384 g/mol. The predicted octanol–water partition coefficient (Wildman–Crippen LogP) is 4.19. The molecule has 0 aromatic heterocycles. The number of nitro groups is 1. The second-order valence-corrected chi connectivity index (χ2v) is 6.37. The van der Waals surface area contributed by atoms with E-state index in [0.717, 1.165) is 4.47 Å². The van der Waals surface area contributed by atoms with Gasteiger partial charge in [-0.3, -0.25) is 10.1 Å². The number of rotatable bonds is 5. The molecule has 124 valence electrons. The molecule has 2 aromatic rings. The van der Waals surface area contributed by atoms with Crippen molar-refractivity contribution in [1.29, 1.82) is 5.26 Å². The Hall–Kier alpha value is -2.85. The Bertz CT molecular complexity index is 933. The highest BCUT2D eigenvalue weighted by Crippen LogP contribution is 2.35. The zero-order chi connectivity index (χ0) is 17.9. The van der Waals surface area contributed by atoms with Crippen molar-refractivity contribution < 1.29 is 4.92 Å². The fraction of sp³-hybridized carbons (Fsp3) is 0.167. The molecule has 6 nitrogen and oxygen atoms in total. The molecule has 2 aromatic carbocycles. The van der Waals surface area contributed by atoms with Gasteiger partial charge in [0.15, 0.2) is 0 Å². The fourth-order valence-corrected chi connectivity index (χ4v) is 3.27. The minimum atomic E-state index is -1.29. The molecule has 1 aliphatic heterocycles. The second kappa shape index (κ2) is 6.95. The van der Waals surface area contributed by atoms with Crippen LogP contribution in [-0.4, -0.2) is 16.8 Å². The van der Waals surface area contributed by atoms with Crippen molar-refractivity contribution in [3.05, 3.63) is 74.2 Å². The summed E-state index contributed by atoms with van der Waals surface area (Å²) < 4.78 is 0.761. The third-order valence-corrected chi connectivity index (χ3v) is 4.64. The minimum absolute atomic E-state index is 0.0929. The summed E-state index contributed by atoms with van der Waals surface area (Å²) in [5.41, 5.74) is 0.761. The zero-order valence-electron chi connectivity index (χ0n) is 13.1. The summed E-state index contributed by atoms with van der Waals surface area (Å²) >= 11 is 3.43. The van der Waals surface area contributed by atoms with Gasteiger partial charge in [-0.15, -0.1) is 0 Å². The first kappa shape index (κ1) is 17.0. The zero-order valence-corrected chi connectivity index (χ0v) is 14.7. The molecule has 0 saturated heterocycles. The van der Waals surface area contributed by atoms with Crippen LogP contribution in [0, 0.1) is 21.4 Å². The lowest BCUT2D eigenvalue weighted by molar-refractivity contribution is -0.385. The van der Waals surface area contributed by atoms with Gasteiger partial charge in [0.2, 0.25) is 0 Å². The van der Waals surface area contributed by atoms with E-state index < -0.39 is 5.66 Å². The molecule has 25 heavy (non-hydrogen) atoms. The predicted molar refractivity (Wildman–Crippen MR) is 98.8 cm³/mol. The Morgan fingerprint density at radius 2 is 1.88 bits per heavy atom. The topological polar surface area (TPSA) is 91.6 Å². The van der Waals surface area contributed by atoms with Crippen LogP contribution >= 0.6 is 15.9 Å². The summed E-state index contributed by atoms with van der Waals surface area (Å²) in [5.74, 6) is 0. The molecule has 0 bridgehead atoms. The van der Waals surface area contributed by atoms with Crippen molar-refractivity contribution in [1.82, 2.24) is 0 Å². The van der Waals surface area contributed by atoms with E-state index in [9.17, 15) is 15.4 Å². The van der Waals surface area contributed by atoms with E-state index in [1.54, 1.807) is 30.5 Å². The van der Waals surface area contributed by atoms with E-state index in [-0.39, 0.29) is 10.6 Å². The highest BCUT2D eigenvalue weighted by molar-refractivity contribution is 9.10. The van der Waals surface area contributed by atoms with Gasteiger partial charge >= 0.3 is 0 Å². The van der Waals surface area contributed by atoms with E-state index >= 15 is 0 Å². The molecule has 0 radical (unpaired) electrons. The monoisotopic (exact) mass is 396 g/mol. The molecule has 0 fully saturated rings. The quantitative estimate of drug-likeness (QED) is 0.559. The van der Waals surface area contributed by atoms with Gasteiger partial charge in [-0.2, -0.15) is 5.26 Å². The molecule has 1 atom stereocenters. The van der Waals surface area contributed by atoms with Crippen LogP contribution in [0.2, 0.25) is 0 Å². The molecule has 7 heteroatoms. The molecule has 1 aliphatic rings. The number of nitro benzene ring substituents is 1.